The van der Waals surface area contributed by atoms with Crippen molar-refractivity contribution in [2.45, 2.75) is 25.7 Å². The first-order valence-electron chi connectivity index (χ1n) is 4.92. The van der Waals surface area contributed by atoms with Gasteiger partial charge in [-0.1, -0.05) is 0 Å². The van der Waals surface area contributed by atoms with Crippen molar-refractivity contribution in [3.63, 3.8) is 0 Å². The third-order valence-electron chi connectivity index (χ3n) is 2.74. The van der Waals surface area contributed by atoms with Crippen molar-refractivity contribution in [2.24, 2.45) is 21.8 Å². The average Bonchev–Trinajstić information content (AvgIpc) is 2.30. The van der Waals surface area contributed by atoms with Gasteiger partial charge in [0.1, 0.15) is 0 Å². The lowest BCUT2D eigenvalue weighted by Gasteiger charge is -2.23. The van der Waals surface area contributed by atoms with Crippen molar-refractivity contribution in [1.82, 2.24) is 0 Å². The van der Waals surface area contributed by atoms with E-state index in [2.05, 4.69) is 44.7 Å². The van der Waals surface area contributed by atoms with Crippen LogP contribution in [-0.2, 0) is 9.59 Å². The topological polar surface area (TPSA) is 58.9 Å². The van der Waals surface area contributed by atoms with E-state index in [0.29, 0.717) is 25.7 Å². The Labute approximate surface area is 104 Å². The standard InChI is InChI=1S/C10H10N2O2S2/c13-9(11-5-15)7-1-2-8(4-3-7)10(14)12-6-16/h7-8H,1-4H2. The van der Waals surface area contributed by atoms with Crippen LogP contribution in [0.1, 0.15) is 25.7 Å². The van der Waals surface area contributed by atoms with Crippen molar-refractivity contribution < 1.29 is 9.59 Å². The first-order chi connectivity index (χ1) is 7.69. The van der Waals surface area contributed by atoms with Crippen LogP contribution in [-0.4, -0.2) is 22.1 Å². The molecule has 1 aliphatic carbocycles. The first kappa shape index (κ1) is 13.0. The zero-order chi connectivity index (χ0) is 12.0. The lowest BCUT2D eigenvalue weighted by atomic mass is 9.81. The molecule has 1 aliphatic rings. The number of hydrogen-bond acceptors (Lipinski definition) is 4. The van der Waals surface area contributed by atoms with Crippen LogP contribution in [0.5, 0.6) is 0 Å². The second-order valence-electron chi connectivity index (χ2n) is 3.63. The number of thiocarbonyl (C=S) groups is 2. The molecule has 0 saturated heterocycles. The molecule has 84 valence electrons. The zero-order valence-corrected chi connectivity index (χ0v) is 10.1. The number of isothiocyanates is 2. The quantitative estimate of drug-likeness (QED) is 0.559. The van der Waals surface area contributed by atoms with Crippen molar-refractivity contribution in [2.75, 3.05) is 0 Å². The van der Waals surface area contributed by atoms with E-state index in [1.165, 1.54) is 0 Å². The number of rotatable bonds is 2. The van der Waals surface area contributed by atoms with Crippen LogP contribution in [0.2, 0.25) is 0 Å². The largest absolute Gasteiger partial charge is 0.272 e. The van der Waals surface area contributed by atoms with Crippen LogP contribution >= 0.6 is 24.4 Å². The van der Waals surface area contributed by atoms with Gasteiger partial charge in [-0.05, 0) is 50.1 Å². The fraction of sp³-hybridized carbons (Fsp3) is 0.600. The van der Waals surface area contributed by atoms with Gasteiger partial charge in [0.05, 0.1) is 10.3 Å². The smallest absolute Gasteiger partial charge is 0.257 e. The van der Waals surface area contributed by atoms with Crippen LogP contribution in [0.25, 0.3) is 0 Å². The molecule has 4 nitrogen and oxygen atoms in total. The number of carbonyl (C=O) groups excluding carboxylic acids is 2. The Balaban J connectivity index is 2.51. The lowest BCUT2D eigenvalue weighted by molar-refractivity contribution is -0.126. The molecule has 0 aliphatic heterocycles. The summed E-state index contributed by atoms with van der Waals surface area (Å²) in [6.45, 7) is 0. The van der Waals surface area contributed by atoms with Crippen LogP contribution in [0.4, 0.5) is 0 Å². The maximum atomic E-state index is 11.4. The Kier molecular flexibility index (Phi) is 5.29. The summed E-state index contributed by atoms with van der Waals surface area (Å²) in [5, 5.41) is 4.14. The number of amides is 2. The van der Waals surface area contributed by atoms with Gasteiger partial charge in [0.15, 0.2) is 0 Å². The predicted molar refractivity (Wildman–Crippen MR) is 65.5 cm³/mol. The minimum atomic E-state index is -0.237. The molecule has 0 aromatic heterocycles. The molecule has 0 heterocycles. The molecule has 0 aromatic rings. The van der Waals surface area contributed by atoms with Crippen LogP contribution < -0.4 is 0 Å². The fourth-order valence-electron chi connectivity index (χ4n) is 1.86. The second-order valence-corrected chi connectivity index (χ2v) is 4.00. The maximum Gasteiger partial charge on any atom is 0.257 e. The molecule has 1 saturated carbocycles. The highest BCUT2D eigenvalue weighted by molar-refractivity contribution is 7.78. The van der Waals surface area contributed by atoms with Gasteiger partial charge in [-0.25, -0.2) is 0 Å². The number of hydrogen-bond donors (Lipinski definition) is 0. The Morgan fingerprint density at radius 2 is 1.19 bits per heavy atom. The van der Waals surface area contributed by atoms with E-state index >= 15 is 0 Å². The van der Waals surface area contributed by atoms with E-state index in [0.717, 1.165) is 0 Å². The van der Waals surface area contributed by atoms with E-state index in [4.69, 9.17) is 0 Å². The molecule has 1 fully saturated rings. The Morgan fingerprint density at radius 1 is 0.875 bits per heavy atom. The van der Waals surface area contributed by atoms with E-state index in [9.17, 15) is 9.59 Å². The third-order valence-corrected chi connectivity index (χ3v) is 2.92. The molecule has 16 heavy (non-hydrogen) atoms. The first-order valence-corrected chi connectivity index (χ1v) is 5.74. The van der Waals surface area contributed by atoms with Crippen LogP contribution in [0.3, 0.4) is 0 Å². The monoisotopic (exact) mass is 254 g/mol. The molecule has 0 atom stereocenters. The highest BCUT2D eigenvalue weighted by Gasteiger charge is 2.29. The van der Waals surface area contributed by atoms with Crippen molar-refractivity contribution in [1.29, 1.82) is 0 Å². The average molecular weight is 254 g/mol. The number of nitrogens with zero attached hydrogens (tertiary/aromatic N) is 2. The van der Waals surface area contributed by atoms with Gasteiger partial charge >= 0.3 is 0 Å². The summed E-state index contributed by atoms with van der Waals surface area (Å²) in [5.74, 6) is -0.731. The van der Waals surface area contributed by atoms with Gasteiger partial charge in [0.2, 0.25) is 0 Å². The van der Waals surface area contributed by atoms with Crippen molar-refractivity contribution >= 4 is 46.6 Å². The molecule has 0 spiro atoms. The van der Waals surface area contributed by atoms with Gasteiger partial charge in [-0.3, -0.25) is 9.59 Å². The van der Waals surface area contributed by atoms with Gasteiger partial charge in [0, 0.05) is 11.8 Å². The predicted octanol–water partition coefficient (Wildman–Crippen LogP) is 2.05. The van der Waals surface area contributed by atoms with E-state index in [1.54, 1.807) is 0 Å². The summed E-state index contributed by atoms with van der Waals surface area (Å²) in [4.78, 5) is 29.6. The molecule has 1 rings (SSSR count). The summed E-state index contributed by atoms with van der Waals surface area (Å²) in [6.07, 6.45) is 2.57. The molecule has 0 bridgehead atoms. The van der Waals surface area contributed by atoms with Crippen molar-refractivity contribution in [3.8, 4) is 0 Å². The Bertz CT molecular complexity index is 350. The van der Waals surface area contributed by atoms with Gasteiger partial charge in [-0.2, -0.15) is 9.98 Å². The minimum absolute atomic E-state index is 0.129. The lowest BCUT2D eigenvalue weighted by Crippen LogP contribution is -2.24. The molecule has 0 unspecified atom stereocenters. The summed E-state index contributed by atoms with van der Waals surface area (Å²) in [6, 6.07) is 0. The molecular weight excluding hydrogens is 244 g/mol. The van der Waals surface area contributed by atoms with Gasteiger partial charge < -0.3 is 0 Å². The fourth-order valence-corrected chi connectivity index (χ4v) is 2.04. The van der Waals surface area contributed by atoms with Gasteiger partial charge in [-0.15, -0.1) is 0 Å². The highest BCUT2D eigenvalue weighted by Crippen LogP contribution is 2.30. The third kappa shape index (κ3) is 3.51. The Hall–Kier alpha value is -1.06. The summed E-state index contributed by atoms with van der Waals surface area (Å²) in [7, 11) is 0. The molecule has 6 heteroatoms. The Morgan fingerprint density at radius 3 is 1.44 bits per heavy atom. The maximum absolute atomic E-state index is 11.4. The van der Waals surface area contributed by atoms with Crippen molar-refractivity contribution in [3.05, 3.63) is 0 Å². The normalized spacial score (nSPS) is 23.8. The van der Waals surface area contributed by atoms with E-state index in [-0.39, 0.29) is 23.7 Å². The number of carbonyl (C=O) groups is 2. The molecular formula is C10H10N2O2S2. The molecule has 0 N–H and O–H groups in total. The second kappa shape index (κ2) is 6.51. The SMILES string of the molecule is O=C(N=C=S)C1CCC(C(=O)N=C=S)CC1. The minimum Gasteiger partial charge on any atom is -0.272 e. The van der Waals surface area contributed by atoms with E-state index < -0.39 is 0 Å². The zero-order valence-electron chi connectivity index (χ0n) is 8.51. The summed E-state index contributed by atoms with van der Waals surface area (Å²) < 4.78 is 0. The van der Waals surface area contributed by atoms with Crippen LogP contribution in [0, 0.1) is 11.8 Å². The highest BCUT2D eigenvalue weighted by atomic mass is 32.1. The van der Waals surface area contributed by atoms with Crippen LogP contribution in [0.15, 0.2) is 9.98 Å². The molecule has 0 radical (unpaired) electrons. The summed E-state index contributed by atoms with van der Waals surface area (Å²) in [5.41, 5.74) is 0. The number of aliphatic imine (C=N–C) groups is 2. The van der Waals surface area contributed by atoms with Gasteiger partial charge in [0.25, 0.3) is 11.8 Å². The molecule has 0 aromatic carbocycles. The van der Waals surface area contributed by atoms with E-state index in [1.807, 2.05) is 0 Å². The molecule has 2 amide bonds. The summed E-state index contributed by atoms with van der Waals surface area (Å²) >= 11 is 8.74.